The van der Waals surface area contributed by atoms with Crippen LogP contribution in [0, 0.1) is 0 Å². The van der Waals surface area contributed by atoms with Crippen molar-refractivity contribution in [1.29, 1.82) is 0 Å². The van der Waals surface area contributed by atoms with Gasteiger partial charge in [0.15, 0.2) is 8.32 Å². The molecule has 3 rings (SSSR count). The molecule has 1 aliphatic carbocycles. The van der Waals surface area contributed by atoms with Gasteiger partial charge in [0.25, 0.3) is 0 Å². The minimum atomic E-state index is -1.94. The van der Waals surface area contributed by atoms with E-state index in [0.717, 1.165) is 11.1 Å². The first kappa shape index (κ1) is 21.3. The molecule has 6 heteroatoms. The van der Waals surface area contributed by atoms with Gasteiger partial charge in [-0.2, -0.15) is 0 Å². The highest BCUT2D eigenvalue weighted by Gasteiger charge is 2.40. The quantitative estimate of drug-likeness (QED) is 0.731. The van der Waals surface area contributed by atoms with E-state index in [1.54, 1.807) is 12.3 Å². The van der Waals surface area contributed by atoms with Crippen LogP contribution in [0.4, 0.5) is 0 Å². The van der Waals surface area contributed by atoms with Crippen LogP contribution in [0.3, 0.4) is 0 Å². The number of aliphatic hydroxyl groups is 2. The number of aliphatic hydroxyl groups excluding tert-OH is 2. The van der Waals surface area contributed by atoms with Crippen LogP contribution in [-0.2, 0) is 13.9 Å². The Bertz CT molecular complexity index is 737. The van der Waals surface area contributed by atoms with E-state index in [4.69, 9.17) is 13.9 Å². The molecule has 0 fully saturated rings. The molecule has 1 heterocycles. The van der Waals surface area contributed by atoms with Gasteiger partial charge in [0, 0.05) is 0 Å². The lowest BCUT2D eigenvalue weighted by Crippen LogP contribution is -2.49. The molecular formula is C22H32O5Si. The normalized spacial score (nSPS) is 30.0. The lowest BCUT2D eigenvalue weighted by molar-refractivity contribution is -0.130. The number of benzene rings is 1. The summed E-state index contributed by atoms with van der Waals surface area (Å²) in [5.74, 6) is 0. The third-order valence-electron chi connectivity index (χ3n) is 6.06. The largest absolute Gasteiger partial charge is 0.493 e. The molecule has 2 aliphatic rings. The van der Waals surface area contributed by atoms with Gasteiger partial charge in [-0.25, -0.2) is 0 Å². The molecule has 5 nitrogen and oxygen atoms in total. The zero-order chi connectivity index (χ0) is 20.5. The fourth-order valence-electron chi connectivity index (χ4n) is 3.11. The van der Waals surface area contributed by atoms with Gasteiger partial charge in [0.1, 0.15) is 30.5 Å². The molecule has 28 heavy (non-hydrogen) atoms. The first-order valence-corrected chi connectivity index (χ1v) is 12.8. The van der Waals surface area contributed by atoms with Crippen molar-refractivity contribution in [3.05, 3.63) is 53.8 Å². The van der Waals surface area contributed by atoms with Crippen molar-refractivity contribution in [2.24, 2.45) is 0 Å². The summed E-state index contributed by atoms with van der Waals surface area (Å²) < 4.78 is 17.9. The first-order chi connectivity index (χ1) is 13.1. The molecule has 1 aromatic rings. The molecule has 0 saturated heterocycles. The van der Waals surface area contributed by atoms with Crippen LogP contribution >= 0.6 is 0 Å². The fraction of sp³-hybridized carbons (Fsp3) is 0.545. The number of ether oxygens (including phenoxy) is 2. The standard InChI is InChI=1S/C22H32O5Si/c1-22(2,3)28(4,5)26-14-19-21(24)18(12-13-25-19)27-17-11-10-15-8-6-7-9-16(15)20(17)23/h6-13,17-21,23-24H,14H2,1-5H3/t17-,18?,19+,20-,21+/m0/s1. The third-order valence-corrected chi connectivity index (χ3v) is 10.6. The predicted octanol–water partition coefficient (Wildman–Crippen LogP) is 3.80. The summed E-state index contributed by atoms with van der Waals surface area (Å²) in [6, 6.07) is 7.69. The highest BCUT2D eigenvalue weighted by Crippen LogP contribution is 2.37. The monoisotopic (exact) mass is 404 g/mol. The Balaban J connectivity index is 1.63. The Hall–Kier alpha value is -1.44. The van der Waals surface area contributed by atoms with Crippen molar-refractivity contribution in [2.75, 3.05) is 6.61 Å². The van der Waals surface area contributed by atoms with Crippen molar-refractivity contribution in [1.82, 2.24) is 0 Å². The van der Waals surface area contributed by atoms with E-state index in [-0.39, 0.29) is 5.04 Å². The molecular weight excluding hydrogens is 372 g/mol. The Kier molecular flexibility index (Phi) is 6.17. The predicted molar refractivity (Wildman–Crippen MR) is 112 cm³/mol. The minimum Gasteiger partial charge on any atom is -0.493 e. The van der Waals surface area contributed by atoms with Gasteiger partial charge in [-0.05, 0) is 35.3 Å². The Morgan fingerprint density at radius 3 is 2.50 bits per heavy atom. The average Bonchev–Trinajstić information content (AvgIpc) is 2.64. The van der Waals surface area contributed by atoms with Gasteiger partial charge in [0.2, 0.25) is 0 Å². The van der Waals surface area contributed by atoms with Crippen molar-refractivity contribution in [2.45, 2.75) is 69.4 Å². The fourth-order valence-corrected chi connectivity index (χ4v) is 4.13. The molecule has 5 atom stereocenters. The topological polar surface area (TPSA) is 68.2 Å². The summed E-state index contributed by atoms with van der Waals surface area (Å²) in [4.78, 5) is 0. The molecule has 0 radical (unpaired) electrons. The van der Waals surface area contributed by atoms with Gasteiger partial charge in [-0.1, -0.05) is 57.2 Å². The van der Waals surface area contributed by atoms with Crippen molar-refractivity contribution in [3.63, 3.8) is 0 Å². The van der Waals surface area contributed by atoms with E-state index < -0.39 is 38.8 Å². The van der Waals surface area contributed by atoms with Crippen LogP contribution in [0.15, 0.2) is 42.7 Å². The molecule has 154 valence electrons. The molecule has 1 unspecified atom stereocenters. The minimum absolute atomic E-state index is 0.0861. The van der Waals surface area contributed by atoms with Crippen molar-refractivity contribution in [3.8, 4) is 0 Å². The second-order valence-electron chi connectivity index (χ2n) is 9.06. The van der Waals surface area contributed by atoms with Crippen LogP contribution in [0.1, 0.15) is 38.0 Å². The molecule has 0 saturated carbocycles. The molecule has 2 N–H and O–H groups in total. The summed E-state index contributed by atoms with van der Waals surface area (Å²) in [6.45, 7) is 11.2. The summed E-state index contributed by atoms with van der Waals surface area (Å²) in [5, 5.41) is 21.5. The highest BCUT2D eigenvalue weighted by molar-refractivity contribution is 6.74. The second kappa shape index (κ2) is 8.12. The lowest BCUT2D eigenvalue weighted by atomic mass is 9.92. The van der Waals surface area contributed by atoms with Crippen LogP contribution in [0.2, 0.25) is 18.1 Å². The summed E-state index contributed by atoms with van der Waals surface area (Å²) in [6.07, 6.45) is 3.79. The zero-order valence-electron chi connectivity index (χ0n) is 17.3. The highest BCUT2D eigenvalue weighted by atomic mass is 28.4. The van der Waals surface area contributed by atoms with Gasteiger partial charge >= 0.3 is 0 Å². The third kappa shape index (κ3) is 4.42. The Morgan fingerprint density at radius 1 is 1.07 bits per heavy atom. The van der Waals surface area contributed by atoms with E-state index in [1.165, 1.54) is 0 Å². The SMILES string of the molecule is CC(C)(C)[Si](C)(C)OC[C@H]1OC=CC(O[C@H]2C=Cc3ccccc3[C@@H]2O)[C@H]1O. The second-order valence-corrected chi connectivity index (χ2v) is 13.9. The lowest BCUT2D eigenvalue weighted by Gasteiger charge is -2.39. The van der Waals surface area contributed by atoms with Crippen LogP contribution in [0.25, 0.3) is 6.08 Å². The number of rotatable bonds is 5. The van der Waals surface area contributed by atoms with Crippen LogP contribution in [-0.4, -0.2) is 49.6 Å². The van der Waals surface area contributed by atoms with Crippen LogP contribution in [0.5, 0.6) is 0 Å². The Morgan fingerprint density at radius 2 is 1.79 bits per heavy atom. The maximum Gasteiger partial charge on any atom is 0.192 e. The van der Waals surface area contributed by atoms with Gasteiger partial charge in [-0.3, -0.25) is 0 Å². The summed E-state index contributed by atoms with van der Waals surface area (Å²) >= 11 is 0. The van der Waals surface area contributed by atoms with E-state index in [2.05, 4.69) is 33.9 Å². The van der Waals surface area contributed by atoms with Crippen molar-refractivity contribution < 1.29 is 24.1 Å². The molecule has 0 aromatic heterocycles. The number of fused-ring (bicyclic) bond motifs is 1. The van der Waals surface area contributed by atoms with Crippen molar-refractivity contribution >= 4 is 14.4 Å². The Labute approximate surface area is 168 Å². The smallest absolute Gasteiger partial charge is 0.192 e. The first-order valence-electron chi connectivity index (χ1n) is 9.85. The molecule has 0 spiro atoms. The molecule has 0 bridgehead atoms. The van der Waals surface area contributed by atoms with E-state index in [9.17, 15) is 10.2 Å². The van der Waals surface area contributed by atoms with E-state index in [1.807, 2.05) is 36.4 Å². The molecule has 1 aromatic carbocycles. The summed E-state index contributed by atoms with van der Waals surface area (Å²) in [5.41, 5.74) is 1.82. The van der Waals surface area contributed by atoms with E-state index in [0.29, 0.717) is 6.61 Å². The number of hydrogen-bond donors (Lipinski definition) is 2. The number of hydrogen-bond acceptors (Lipinski definition) is 5. The summed E-state index contributed by atoms with van der Waals surface area (Å²) in [7, 11) is -1.94. The average molecular weight is 405 g/mol. The maximum atomic E-state index is 10.8. The maximum absolute atomic E-state index is 10.8. The van der Waals surface area contributed by atoms with Crippen LogP contribution < -0.4 is 0 Å². The molecule has 1 aliphatic heterocycles. The van der Waals surface area contributed by atoms with Gasteiger partial charge in [-0.15, -0.1) is 0 Å². The zero-order valence-corrected chi connectivity index (χ0v) is 18.3. The van der Waals surface area contributed by atoms with Gasteiger partial charge in [0.05, 0.1) is 12.9 Å². The van der Waals surface area contributed by atoms with E-state index >= 15 is 0 Å². The molecule has 0 amide bonds. The van der Waals surface area contributed by atoms with Gasteiger partial charge < -0.3 is 24.1 Å².